The minimum absolute atomic E-state index is 0. The Hall–Kier alpha value is -1.35. The Morgan fingerprint density at radius 2 is 1.88 bits per heavy atom. The number of rotatable bonds is 7. The van der Waals surface area contributed by atoms with Gasteiger partial charge in [0, 0.05) is 24.9 Å². The molecule has 0 bridgehead atoms. The molecule has 132 valence electrons. The molecule has 1 aromatic heterocycles. The molecule has 2 aromatic rings. The van der Waals surface area contributed by atoms with Crippen LogP contribution in [0.15, 0.2) is 35.3 Å². The maximum absolute atomic E-state index is 5.64. The highest BCUT2D eigenvalue weighted by Crippen LogP contribution is 2.16. The SMILES string of the molecule is CN=C(NCCOc1ccccc1)NCCc1nc(C)c(C)s1.I. The molecular weight excluding hydrogens is 435 g/mol. The van der Waals surface area contributed by atoms with Crippen molar-refractivity contribution in [3.05, 3.63) is 45.9 Å². The number of hydrogen-bond acceptors (Lipinski definition) is 4. The first-order chi connectivity index (χ1) is 11.2. The van der Waals surface area contributed by atoms with Crippen LogP contribution in [0.3, 0.4) is 0 Å². The smallest absolute Gasteiger partial charge is 0.191 e. The lowest BCUT2D eigenvalue weighted by molar-refractivity contribution is 0.322. The third kappa shape index (κ3) is 7.04. The van der Waals surface area contributed by atoms with Gasteiger partial charge in [-0.2, -0.15) is 0 Å². The first-order valence-electron chi connectivity index (χ1n) is 7.74. The van der Waals surface area contributed by atoms with Gasteiger partial charge in [-0.05, 0) is 26.0 Å². The highest BCUT2D eigenvalue weighted by Gasteiger charge is 2.04. The molecular formula is C17H25IN4OS. The molecule has 0 atom stereocenters. The molecule has 0 aliphatic heterocycles. The second-order valence-corrected chi connectivity index (χ2v) is 6.37. The minimum Gasteiger partial charge on any atom is -0.492 e. The number of para-hydroxylation sites is 1. The molecule has 0 amide bonds. The molecule has 1 heterocycles. The van der Waals surface area contributed by atoms with E-state index in [2.05, 4.69) is 34.5 Å². The van der Waals surface area contributed by atoms with Gasteiger partial charge < -0.3 is 15.4 Å². The van der Waals surface area contributed by atoms with Gasteiger partial charge in [-0.15, -0.1) is 35.3 Å². The predicted molar refractivity (Wildman–Crippen MR) is 112 cm³/mol. The van der Waals surface area contributed by atoms with Crippen LogP contribution in [-0.2, 0) is 6.42 Å². The second kappa shape index (κ2) is 11.2. The van der Waals surface area contributed by atoms with Gasteiger partial charge in [0.1, 0.15) is 12.4 Å². The van der Waals surface area contributed by atoms with E-state index >= 15 is 0 Å². The lowest BCUT2D eigenvalue weighted by Crippen LogP contribution is -2.40. The topological polar surface area (TPSA) is 58.5 Å². The predicted octanol–water partition coefficient (Wildman–Crippen LogP) is 3.16. The third-order valence-electron chi connectivity index (χ3n) is 3.33. The summed E-state index contributed by atoms with van der Waals surface area (Å²) in [6.45, 7) is 6.26. The molecule has 0 aliphatic rings. The quantitative estimate of drug-likeness (QED) is 0.289. The number of nitrogens with one attached hydrogen (secondary N) is 2. The van der Waals surface area contributed by atoms with Crippen molar-refractivity contribution in [3.8, 4) is 5.75 Å². The van der Waals surface area contributed by atoms with Crippen LogP contribution < -0.4 is 15.4 Å². The number of halogens is 1. The number of hydrogen-bond donors (Lipinski definition) is 2. The fraction of sp³-hybridized carbons (Fsp3) is 0.412. The van der Waals surface area contributed by atoms with Crippen molar-refractivity contribution in [2.24, 2.45) is 4.99 Å². The molecule has 0 aliphatic carbocycles. The number of aliphatic imine (C=N–C) groups is 1. The van der Waals surface area contributed by atoms with Gasteiger partial charge in [-0.3, -0.25) is 4.99 Å². The van der Waals surface area contributed by atoms with Crippen LogP contribution in [0.2, 0.25) is 0 Å². The van der Waals surface area contributed by atoms with Gasteiger partial charge in [-0.1, -0.05) is 18.2 Å². The van der Waals surface area contributed by atoms with E-state index in [-0.39, 0.29) is 24.0 Å². The number of benzene rings is 1. The lowest BCUT2D eigenvalue weighted by atomic mass is 10.3. The van der Waals surface area contributed by atoms with Crippen molar-refractivity contribution in [3.63, 3.8) is 0 Å². The zero-order chi connectivity index (χ0) is 16.5. The maximum Gasteiger partial charge on any atom is 0.191 e. The Morgan fingerprint density at radius 3 is 2.50 bits per heavy atom. The first kappa shape index (κ1) is 20.7. The zero-order valence-corrected chi connectivity index (χ0v) is 17.5. The van der Waals surface area contributed by atoms with Crippen LogP contribution in [-0.4, -0.2) is 37.7 Å². The number of ether oxygens (including phenoxy) is 1. The van der Waals surface area contributed by atoms with Crippen molar-refractivity contribution >= 4 is 41.3 Å². The summed E-state index contributed by atoms with van der Waals surface area (Å²) in [5, 5.41) is 7.70. The van der Waals surface area contributed by atoms with E-state index in [0.29, 0.717) is 13.2 Å². The van der Waals surface area contributed by atoms with Crippen LogP contribution in [0.4, 0.5) is 0 Å². The van der Waals surface area contributed by atoms with E-state index in [4.69, 9.17) is 4.74 Å². The van der Waals surface area contributed by atoms with Crippen LogP contribution >= 0.6 is 35.3 Å². The van der Waals surface area contributed by atoms with Gasteiger partial charge in [0.2, 0.25) is 0 Å². The molecule has 0 radical (unpaired) electrons. The molecule has 24 heavy (non-hydrogen) atoms. The van der Waals surface area contributed by atoms with E-state index in [9.17, 15) is 0 Å². The average molecular weight is 460 g/mol. The van der Waals surface area contributed by atoms with E-state index in [1.807, 2.05) is 30.3 Å². The van der Waals surface area contributed by atoms with E-state index in [1.54, 1.807) is 18.4 Å². The average Bonchev–Trinajstić information content (AvgIpc) is 2.89. The summed E-state index contributed by atoms with van der Waals surface area (Å²) in [6, 6.07) is 9.80. The standard InChI is InChI=1S/C17H24N4OS.HI/c1-13-14(2)23-16(21-13)9-10-19-17(18-3)20-11-12-22-15-7-5-4-6-8-15;/h4-8H,9-12H2,1-3H3,(H2,18,19,20);1H. The Kier molecular flexibility index (Phi) is 9.70. The molecule has 0 unspecified atom stereocenters. The molecule has 2 rings (SSSR count). The van der Waals surface area contributed by atoms with Gasteiger partial charge in [-0.25, -0.2) is 4.98 Å². The summed E-state index contributed by atoms with van der Waals surface area (Å²) in [5.74, 6) is 1.67. The van der Waals surface area contributed by atoms with Crippen molar-refractivity contribution in [1.29, 1.82) is 0 Å². The molecule has 0 spiro atoms. The summed E-state index contributed by atoms with van der Waals surface area (Å²) in [5.41, 5.74) is 1.13. The lowest BCUT2D eigenvalue weighted by Gasteiger charge is -2.12. The molecule has 2 N–H and O–H groups in total. The number of nitrogens with zero attached hydrogens (tertiary/aromatic N) is 2. The largest absolute Gasteiger partial charge is 0.492 e. The minimum atomic E-state index is 0. The first-order valence-corrected chi connectivity index (χ1v) is 8.56. The van der Waals surface area contributed by atoms with Crippen molar-refractivity contribution in [2.75, 3.05) is 26.7 Å². The molecule has 5 nitrogen and oxygen atoms in total. The van der Waals surface area contributed by atoms with Crippen molar-refractivity contribution < 1.29 is 4.74 Å². The maximum atomic E-state index is 5.64. The summed E-state index contributed by atoms with van der Waals surface area (Å²) in [6.07, 6.45) is 0.903. The number of guanidine groups is 1. The number of aromatic nitrogens is 1. The van der Waals surface area contributed by atoms with Crippen LogP contribution in [0.1, 0.15) is 15.6 Å². The van der Waals surface area contributed by atoms with Gasteiger partial charge in [0.05, 0.1) is 17.2 Å². The monoisotopic (exact) mass is 460 g/mol. The van der Waals surface area contributed by atoms with E-state index in [0.717, 1.165) is 35.4 Å². The number of thiazole rings is 1. The van der Waals surface area contributed by atoms with Gasteiger partial charge >= 0.3 is 0 Å². The Balaban J connectivity index is 0.00000288. The molecule has 0 saturated carbocycles. The fourth-order valence-electron chi connectivity index (χ4n) is 2.01. The Bertz CT molecular complexity index is 611. The Morgan fingerprint density at radius 1 is 1.17 bits per heavy atom. The van der Waals surface area contributed by atoms with Crippen molar-refractivity contribution in [2.45, 2.75) is 20.3 Å². The number of aryl methyl sites for hydroxylation is 2. The van der Waals surface area contributed by atoms with Crippen molar-refractivity contribution in [1.82, 2.24) is 15.6 Å². The third-order valence-corrected chi connectivity index (χ3v) is 4.47. The summed E-state index contributed by atoms with van der Waals surface area (Å²) >= 11 is 1.76. The van der Waals surface area contributed by atoms with E-state index in [1.165, 1.54) is 4.88 Å². The van der Waals surface area contributed by atoms with Crippen LogP contribution in [0.25, 0.3) is 0 Å². The highest BCUT2D eigenvalue weighted by molar-refractivity contribution is 14.0. The summed E-state index contributed by atoms with van der Waals surface area (Å²) in [7, 11) is 1.77. The van der Waals surface area contributed by atoms with Gasteiger partial charge in [0.15, 0.2) is 5.96 Å². The summed E-state index contributed by atoms with van der Waals surface area (Å²) < 4.78 is 5.64. The van der Waals surface area contributed by atoms with Crippen LogP contribution in [0.5, 0.6) is 5.75 Å². The molecule has 7 heteroatoms. The molecule has 0 fully saturated rings. The Labute approximate surface area is 165 Å². The highest BCUT2D eigenvalue weighted by atomic mass is 127. The van der Waals surface area contributed by atoms with Crippen LogP contribution in [0, 0.1) is 13.8 Å². The fourth-order valence-corrected chi connectivity index (χ4v) is 2.94. The van der Waals surface area contributed by atoms with E-state index < -0.39 is 0 Å². The second-order valence-electron chi connectivity index (χ2n) is 5.09. The molecule has 1 aromatic carbocycles. The van der Waals surface area contributed by atoms with Gasteiger partial charge in [0.25, 0.3) is 0 Å². The normalized spacial score (nSPS) is 10.9. The zero-order valence-electron chi connectivity index (χ0n) is 14.3. The summed E-state index contributed by atoms with van der Waals surface area (Å²) in [4.78, 5) is 10.0. The molecule has 0 saturated heterocycles.